The molecule has 7 nitrogen and oxygen atoms in total. The summed E-state index contributed by atoms with van der Waals surface area (Å²) >= 11 is 0. The molecule has 1 unspecified atom stereocenters. The van der Waals surface area contributed by atoms with Gasteiger partial charge in [-0.3, -0.25) is 9.69 Å². The molecule has 0 radical (unpaired) electrons. The van der Waals surface area contributed by atoms with Crippen molar-refractivity contribution < 1.29 is 22.7 Å². The number of Topliss-reactive ketones (excluding diaryl/α,β-unsaturated/α-hetero) is 1. The van der Waals surface area contributed by atoms with Crippen LogP contribution in [0.15, 0.2) is 36.1 Å². The van der Waals surface area contributed by atoms with E-state index in [-0.39, 0.29) is 23.3 Å². The van der Waals surface area contributed by atoms with Gasteiger partial charge < -0.3 is 14.4 Å². The van der Waals surface area contributed by atoms with Gasteiger partial charge in [-0.15, -0.1) is 0 Å². The van der Waals surface area contributed by atoms with Gasteiger partial charge in [0.05, 0.1) is 17.1 Å². The SMILES string of the molecule is CCN(CC)c1ccc(/C=C2\Oc3c(cc4c(c3C)OCN(C3CCS(=O)(=O)C3)C4)C2=O)cc1. The minimum absolute atomic E-state index is 0.0477. The minimum atomic E-state index is -2.98. The molecule has 3 heterocycles. The third-order valence-electron chi connectivity index (χ3n) is 7.01. The molecule has 5 rings (SSSR count). The maximum absolute atomic E-state index is 13.2. The summed E-state index contributed by atoms with van der Waals surface area (Å²) in [4.78, 5) is 17.5. The van der Waals surface area contributed by atoms with Crippen LogP contribution in [0.2, 0.25) is 0 Å². The summed E-state index contributed by atoms with van der Waals surface area (Å²) < 4.78 is 35.9. The number of benzene rings is 2. The normalized spacial score (nSPS) is 22.3. The van der Waals surface area contributed by atoms with Gasteiger partial charge in [-0.2, -0.15) is 0 Å². The summed E-state index contributed by atoms with van der Waals surface area (Å²) in [5, 5.41) is 0. The lowest BCUT2D eigenvalue weighted by atomic mass is 9.99. The summed E-state index contributed by atoms with van der Waals surface area (Å²) in [6.07, 6.45) is 2.40. The molecule has 34 heavy (non-hydrogen) atoms. The molecule has 0 saturated carbocycles. The number of ketones is 1. The predicted octanol–water partition coefficient (Wildman–Crippen LogP) is 3.80. The van der Waals surface area contributed by atoms with Crippen LogP contribution < -0.4 is 14.4 Å². The van der Waals surface area contributed by atoms with Crippen molar-refractivity contribution in [3.05, 3.63) is 58.3 Å². The first-order valence-corrected chi connectivity index (χ1v) is 13.6. The summed E-state index contributed by atoms with van der Waals surface area (Å²) in [6.45, 7) is 8.93. The second kappa shape index (κ2) is 8.74. The topological polar surface area (TPSA) is 76.2 Å². The fourth-order valence-electron chi connectivity index (χ4n) is 5.09. The standard InChI is InChI=1S/C26H30N2O5S/c1-4-27(5-2)20-8-6-18(7-9-20)12-23-24(29)22-13-19-14-28(21-10-11-34(30,31)15-21)16-32-25(19)17(3)26(22)33-23/h6-9,12-13,21H,4-5,10-11,14-16H2,1-3H3/b23-12-. The molecule has 8 heteroatoms. The fraction of sp³-hybridized carbons (Fsp3) is 0.423. The maximum Gasteiger partial charge on any atom is 0.231 e. The molecule has 3 aliphatic rings. The second-order valence-electron chi connectivity index (χ2n) is 9.15. The lowest BCUT2D eigenvalue weighted by Crippen LogP contribution is -2.41. The summed E-state index contributed by atoms with van der Waals surface area (Å²) in [5.74, 6) is 1.82. The average Bonchev–Trinajstić information content (AvgIpc) is 3.35. The number of allylic oxidation sites excluding steroid dienone is 1. The lowest BCUT2D eigenvalue weighted by molar-refractivity contribution is 0.0637. The Morgan fingerprint density at radius 3 is 2.53 bits per heavy atom. The van der Waals surface area contributed by atoms with Crippen molar-refractivity contribution in [3.63, 3.8) is 0 Å². The van der Waals surface area contributed by atoms with E-state index in [1.54, 1.807) is 6.08 Å². The van der Waals surface area contributed by atoms with Crippen molar-refractivity contribution in [1.82, 2.24) is 4.90 Å². The quantitative estimate of drug-likeness (QED) is 0.600. The highest BCUT2D eigenvalue weighted by atomic mass is 32.2. The van der Waals surface area contributed by atoms with Crippen LogP contribution in [0, 0.1) is 6.92 Å². The van der Waals surface area contributed by atoms with E-state index in [0.717, 1.165) is 41.2 Å². The van der Waals surface area contributed by atoms with Gasteiger partial charge >= 0.3 is 0 Å². The zero-order chi connectivity index (χ0) is 24.0. The van der Waals surface area contributed by atoms with Gasteiger partial charge in [0.15, 0.2) is 15.6 Å². The Bertz CT molecular complexity index is 1260. The third kappa shape index (κ3) is 4.09. The second-order valence-corrected chi connectivity index (χ2v) is 11.4. The number of nitrogens with zero attached hydrogens (tertiary/aromatic N) is 2. The van der Waals surface area contributed by atoms with E-state index < -0.39 is 9.84 Å². The molecular formula is C26H30N2O5S. The molecule has 0 N–H and O–H groups in total. The van der Waals surface area contributed by atoms with E-state index in [9.17, 15) is 13.2 Å². The Hall–Kier alpha value is -2.84. The molecule has 0 spiro atoms. The van der Waals surface area contributed by atoms with Crippen molar-refractivity contribution in [2.45, 2.75) is 39.8 Å². The van der Waals surface area contributed by atoms with E-state index in [1.807, 2.05) is 30.0 Å². The number of fused-ring (bicyclic) bond motifs is 2. The minimum Gasteiger partial charge on any atom is -0.477 e. The molecule has 1 fully saturated rings. The number of carbonyl (C=O) groups is 1. The van der Waals surface area contributed by atoms with Crippen molar-refractivity contribution >= 4 is 27.4 Å². The molecule has 1 saturated heterocycles. The molecule has 0 aliphatic carbocycles. The smallest absolute Gasteiger partial charge is 0.231 e. The van der Waals surface area contributed by atoms with Gasteiger partial charge in [-0.25, -0.2) is 8.42 Å². The van der Waals surface area contributed by atoms with Crippen LogP contribution in [0.4, 0.5) is 5.69 Å². The monoisotopic (exact) mass is 482 g/mol. The summed E-state index contributed by atoms with van der Waals surface area (Å²) in [6, 6.07) is 9.90. The average molecular weight is 483 g/mol. The molecule has 180 valence electrons. The Morgan fingerprint density at radius 2 is 1.88 bits per heavy atom. The predicted molar refractivity (Wildman–Crippen MR) is 132 cm³/mol. The number of hydrogen-bond donors (Lipinski definition) is 0. The first-order chi connectivity index (χ1) is 16.3. The van der Waals surface area contributed by atoms with Crippen LogP contribution in [0.25, 0.3) is 6.08 Å². The zero-order valence-electron chi connectivity index (χ0n) is 19.8. The number of sulfone groups is 1. The van der Waals surface area contributed by atoms with Crippen molar-refractivity contribution in [2.24, 2.45) is 0 Å². The Labute approximate surface area is 200 Å². The van der Waals surface area contributed by atoms with Crippen molar-refractivity contribution in [1.29, 1.82) is 0 Å². The van der Waals surface area contributed by atoms with E-state index in [4.69, 9.17) is 9.47 Å². The molecular weight excluding hydrogens is 452 g/mol. The van der Waals surface area contributed by atoms with E-state index in [0.29, 0.717) is 36.8 Å². The number of carbonyl (C=O) groups excluding carboxylic acids is 1. The van der Waals surface area contributed by atoms with Gasteiger partial charge in [0.25, 0.3) is 0 Å². The van der Waals surface area contributed by atoms with Crippen LogP contribution in [0.3, 0.4) is 0 Å². The third-order valence-corrected chi connectivity index (χ3v) is 8.76. The van der Waals surface area contributed by atoms with Gasteiger partial charge in [0.1, 0.15) is 18.2 Å². The van der Waals surface area contributed by atoms with Crippen LogP contribution in [-0.2, 0) is 16.4 Å². The fourth-order valence-corrected chi connectivity index (χ4v) is 6.85. The molecule has 0 amide bonds. The number of hydrogen-bond acceptors (Lipinski definition) is 7. The molecule has 2 aromatic rings. The van der Waals surface area contributed by atoms with Gasteiger partial charge in [-0.1, -0.05) is 12.1 Å². The summed E-state index contributed by atoms with van der Waals surface area (Å²) in [5.41, 5.74) is 4.29. The van der Waals surface area contributed by atoms with Crippen LogP contribution >= 0.6 is 0 Å². The molecule has 2 aromatic carbocycles. The highest BCUT2D eigenvalue weighted by Gasteiger charge is 2.37. The number of anilines is 1. The van der Waals surface area contributed by atoms with Crippen LogP contribution in [0.5, 0.6) is 11.5 Å². The highest BCUT2D eigenvalue weighted by molar-refractivity contribution is 7.91. The van der Waals surface area contributed by atoms with Gasteiger partial charge in [-0.05, 0) is 57.0 Å². The Morgan fingerprint density at radius 1 is 1.15 bits per heavy atom. The first-order valence-electron chi connectivity index (χ1n) is 11.8. The lowest BCUT2D eigenvalue weighted by Gasteiger charge is -2.33. The molecule has 0 aromatic heterocycles. The van der Waals surface area contributed by atoms with E-state index in [2.05, 4.69) is 30.9 Å². The maximum atomic E-state index is 13.2. The molecule has 0 bridgehead atoms. The van der Waals surface area contributed by atoms with E-state index in [1.165, 1.54) is 0 Å². The Balaban J connectivity index is 1.39. The zero-order valence-corrected chi connectivity index (χ0v) is 20.7. The molecule has 1 atom stereocenters. The van der Waals surface area contributed by atoms with Crippen molar-refractivity contribution in [3.8, 4) is 11.5 Å². The summed E-state index contributed by atoms with van der Waals surface area (Å²) in [7, 11) is -2.98. The van der Waals surface area contributed by atoms with Crippen molar-refractivity contribution in [2.75, 3.05) is 36.2 Å². The number of ether oxygens (including phenoxy) is 2. The number of rotatable bonds is 5. The van der Waals surface area contributed by atoms with Crippen LogP contribution in [-0.4, -0.2) is 56.5 Å². The Kier molecular flexibility index (Phi) is 5.90. The van der Waals surface area contributed by atoms with Crippen LogP contribution in [0.1, 0.15) is 47.3 Å². The largest absolute Gasteiger partial charge is 0.477 e. The highest BCUT2D eigenvalue weighted by Crippen LogP contribution is 2.43. The van der Waals surface area contributed by atoms with E-state index >= 15 is 0 Å². The van der Waals surface area contributed by atoms with Gasteiger partial charge in [0, 0.05) is 42.5 Å². The first kappa shape index (κ1) is 22.9. The van der Waals surface area contributed by atoms with Gasteiger partial charge in [0.2, 0.25) is 5.78 Å². The molecule has 3 aliphatic heterocycles.